The molecule has 2 aromatic heterocycles. The summed E-state index contributed by atoms with van der Waals surface area (Å²) < 4.78 is 37.1. The summed E-state index contributed by atoms with van der Waals surface area (Å²) in [5.41, 5.74) is 0.389. The molecule has 1 unspecified atom stereocenters. The highest BCUT2D eigenvalue weighted by Crippen LogP contribution is 2.31. The molecule has 13 nitrogen and oxygen atoms in total. The normalized spacial score (nSPS) is 17.1. The number of carbonyl (C=O) groups excluding carboxylic acids is 4. The van der Waals surface area contributed by atoms with Crippen molar-refractivity contribution in [1.82, 2.24) is 29.9 Å². The Balaban J connectivity index is 1.14. The summed E-state index contributed by atoms with van der Waals surface area (Å²) >= 11 is 0. The van der Waals surface area contributed by atoms with Gasteiger partial charge in [0.1, 0.15) is 17.5 Å². The molecule has 2 aliphatic heterocycles. The Morgan fingerprint density at radius 2 is 1.83 bits per heavy atom. The number of ether oxygens (including phenoxy) is 1. The second-order valence-corrected chi connectivity index (χ2v) is 9.55. The molecule has 15 heteroatoms. The number of benzene rings is 1. The van der Waals surface area contributed by atoms with Crippen molar-refractivity contribution in [2.24, 2.45) is 0 Å². The van der Waals surface area contributed by atoms with Gasteiger partial charge in [0.15, 0.2) is 17.3 Å². The number of nitrogens with zero attached hydrogens (tertiary/aromatic N) is 6. The van der Waals surface area contributed by atoms with Crippen LogP contribution >= 0.6 is 0 Å². The number of anilines is 2. The molecule has 1 aromatic carbocycles. The third kappa shape index (κ3) is 6.02. The first-order valence-electron chi connectivity index (χ1n) is 13.1. The fourth-order valence-corrected chi connectivity index (χ4v) is 4.69. The smallest absolute Gasteiger partial charge is 0.414 e. The van der Waals surface area contributed by atoms with E-state index in [2.05, 4.69) is 20.6 Å². The molecule has 2 saturated heterocycles. The number of halogens is 2. The first-order valence-corrected chi connectivity index (χ1v) is 13.1. The van der Waals surface area contributed by atoms with Crippen molar-refractivity contribution in [2.45, 2.75) is 19.4 Å². The summed E-state index contributed by atoms with van der Waals surface area (Å²) in [6.45, 7) is 2.29. The number of cyclic esters (lactones) is 1. The second-order valence-electron chi connectivity index (χ2n) is 9.55. The summed E-state index contributed by atoms with van der Waals surface area (Å²) in [6.07, 6.45) is 5.12. The lowest BCUT2D eigenvalue weighted by molar-refractivity contribution is -0.130. The van der Waals surface area contributed by atoms with Crippen LogP contribution in [0.25, 0.3) is 5.65 Å². The van der Waals surface area contributed by atoms with Crippen LogP contribution in [0, 0.1) is 11.6 Å². The van der Waals surface area contributed by atoms with E-state index >= 15 is 8.78 Å². The standard InChI is InChI=1S/C26H28F2N8O5/c1-2-22(37)30-11-17-14-36(26(40)41-17)16-9-18(27)24(19(28)10-16)34-7-5-33(6-8-34)23(38)13-31-25(39)20-15-35-4-3-29-12-21(35)32-20/h3-4,9-10,12,15,17H,2,5-8,11,13-14H2,1H3,(H,30,37)(H,31,39). The molecule has 3 aromatic rings. The van der Waals surface area contributed by atoms with E-state index in [1.165, 1.54) is 22.2 Å². The van der Waals surface area contributed by atoms with Gasteiger partial charge in [-0.15, -0.1) is 0 Å². The van der Waals surface area contributed by atoms with Crippen molar-refractivity contribution in [3.8, 4) is 0 Å². The maximum absolute atomic E-state index is 15.1. The van der Waals surface area contributed by atoms with Gasteiger partial charge in [-0.2, -0.15) is 0 Å². The van der Waals surface area contributed by atoms with Gasteiger partial charge in [0.05, 0.1) is 31.5 Å². The van der Waals surface area contributed by atoms with Gasteiger partial charge in [-0.1, -0.05) is 6.92 Å². The van der Waals surface area contributed by atoms with Gasteiger partial charge in [0.25, 0.3) is 5.91 Å². The van der Waals surface area contributed by atoms with Crippen LogP contribution in [0.4, 0.5) is 25.0 Å². The number of rotatable bonds is 8. The topological polar surface area (TPSA) is 141 Å². The fraction of sp³-hybridized carbons (Fsp3) is 0.385. The number of hydrogen-bond donors (Lipinski definition) is 2. The number of carbonyl (C=O) groups is 4. The zero-order valence-corrected chi connectivity index (χ0v) is 22.2. The van der Waals surface area contributed by atoms with Crippen LogP contribution in [-0.4, -0.2) is 95.0 Å². The van der Waals surface area contributed by atoms with Gasteiger partial charge >= 0.3 is 6.09 Å². The first kappa shape index (κ1) is 27.7. The lowest BCUT2D eigenvalue weighted by atomic mass is 10.2. The predicted molar refractivity (Wildman–Crippen MR) is 141 cm³/mol. The SMILES string of the molecule is CCC(=O)NCC1CN(c2cc(F)c(N3CCN(C(=O)CNC(=O)c4cn5ccncc5n4)CC3)c(F)c2)C(=O)O1. The highest BCUT2D eigenvalue weighted by atomic mass is 19.1. The van der Waals surface area contributed by atoms with Crippen LogP contribution in [0.1, 0.15) is 23.8 Å². The monoisotopic (exact) mass is 570 g/mol. The third-order valence-corrected chi connectivity index (χ3v) is 6.88. The van der Waals surface area contributed by atoms with Gasteiger partial charge < -0.3 is 29.6 Å². The molecule has 0 saturated carbocycles. The van der Waals surface area contributed by atoms with E-state index in [1.807, 2.05) is 0 Å². The van der Waals surface area contributed by atoms with E-state index in [0.717, 1.165) is 17.0 Å². The minimum Gasteiger partial charge on any atom is -0.442 e. The predicted octanol–water partition coefficient (Wildman–Crippen LogP) is 0.938. The summed E-state index contributed by atoms with van der Waals surface area (Å²) in [5.74, 6) is -2.76. The number of piperazine rings is 1. The molecule has 2 fully saturated rings. The number of imidazole rings is 1. The molecule has 4 amide bonds. The highest BCUT2D eigenvalue weighted by Gasteiger charge is 2.34. The maximum atomic E-state index is 15.1. The molecule has 0 radical (unpaired) electrons. The molecular weight excluding hydrogens is 542 g/mol. The summed E-state index contributed by atoms with van der Waals surface area (Å²) in [5, 5.41) is 5.18. The molecule has 216 valence electrons. The largest absolute Gasteiger partial charge is 0.442 e. The Hall–Kier alpha value is -4.82. The van der Waals surface area contributed by atoms with Crippen molar-refractivity contribution in [3.05, 3.63) is 54.2 Å². The van der Waals surface area contributed by atoms with Crippen LogP contribution in [0.3, 0.4) is 0 Å². The van der Waals surface area contributed by atoms with Crippen molar-refractivity contribution in [2.75, 3.05) is 55.6 Å². The van der Waals surface area contributed by atoms with Crippen LogP contribution in [-0.2, 0) is 14.3 Å². The van der Waals surface area contributed by atoms with Crippen molar-refractivity contribution < 1.29 is 32.7 Å². The Morgan fingerprint density at radius 1 is 1.10 bits per heavy atom. The van der Waals surface area contributed by atoms with Gasteiger partial charge in [0.2, 0.25) is 11.8 Å². The lowest BCUT2D eigenvalue weighted by Gasteiger charge is -2.36. The second kappa shape index (κ2) is 11.7. The summed E-state index contributed by atoms with van der Waals surface area (Å²) in [7, 11) is 0. The van der Waals surface area contributed by atoms with E-state index < -0.39 is 29.7 Å². The van der Waals surface area contributed by atoms with Gasteiger partial charge in [-0.3, -0.25) is 24.3 Å². The van der Waals surface area contributed by atoms with Gasteiger partial charge in [0, 0.05) is 63.3 Å². The van der Waals surface area contributed by atoms with Crippen LogP contribution in [0.5, 0.6) is 0 Å². The number of aromatic nitrogens is 3. The van der Waals surface area contributed by atoms with Crippen LogP contribution in [0.2, 0.25) is 0 Å². The number of nitrogens with one attached hydrogen (secondary N) is 2. The van der Waals surface area contributed by atoms with E-state index in [0.29, 0.717) is 5.65 Å². The molecule has 5 rings (SSSR count). The molecule has 0 bridgehead atoms. The molecule has 1 atom stereocenters. The van der Waals surface area contributed by atoms with Crippen molar-refractivity contribution in [1.29, 1.82) is 0 Å². The average molecular weight is 571 g/mol. The van der Waals surface area contributed by atoms with Gasteiger partial charge in [-0.05, 0) is 0 Å². The Kier molecular flexibility index (Phi) is 7.94. The lowest BCUT2D eigenvalue weighted by Crippen LogP contribution is -2.51. The molecular formula is C26H28F2N8O5. The minimum atomic E-state index is -0.856. The maximum Gasteiger partial charge on any atom is 0.414 e. The van der Waals surface area contributed by atoms with Crippen molar-refractivity contribution in [3.63, 3.8) is 0 Å². The van der Waals surface area contributed by atoms with Crippen LogP contribution < -0.4 is 20.4 Å². The number of hydrogen-bond acceptors (Lipinski definition) is 8. The average Bonchev–Trinajstić information content (AvgIpc) is 3.57. The van der Waals surface area contributed by atoms with E-state index in [-0.39, 0.29) is 81.1 Å². The van der Waals surface area contributed by atoms with E-state index in [9.17, 15) is 19.2 Å². The first-order chi connectivity index (χ1) is 19.7. The Labute approximate surface area is 233 Å². The van der Waals surface area contributed by atoms with Crippen LogP contribution in [0.15, 0.2) is 36.9 Å². The fourth-order valence-electron chi connectivity index (χ4n) is 4.69. The minimum absolute atomic E-state index is 0.00416. The molecule has 41 heavy (non-hydrogen) atoms. The number of amides is 4. The van der Waals surface area contributed by atoms with E-state index in [4.69, 9.17) is 4.74 Å². The summed E-state index contributed by atoms with van der Waals surface area (Å²) in [6, 6.07) is 2.13. The zero-order valence-electron chi connectivity index (χ0n) is 22.2. The zero-order chi connectivity index (χ0) is 29.1. The number of fused-ring (bicyclic) bond motifs is 1. The quantitative estimate of drug-likeness (QED) is 0.408. The highest BCUT2D eigenvalue weighted by molar-refractivity contribution is 5.95. The molecule has 0 aliphatic carbocycles. The molecule has 4 heterocycles. The molecule has 0 spiro atoms. The Bertz CT molecular complexity index is 1430. The molecule has 2 aliphatic rings. The van der Waals surface area contributed by atoms with E-state index in [1.54, 1.807) is 23.7 Å². The summed E-state index contributed by atoms with van der Waals surface area (Å²) in [4.78, 5) is 61.1. The van der Waals surface area contributed by atoms with Crippen molar-refractivity contribution >= 4 is 40.8 Å². The third-order valence-electron chi connectivity index (χ3n) is 6.88. The van der Waals surface area contributed by atoms with Gasteiger partial charge in [-0.25, -0.2) is 18.6 Å². The molecule has 2 N–H and O–H groups in total. The Morgan fingerprint density at radius 3 is 2.51 bits per heavy atom.